The summed E-state index contributed by atoms with van der Waals surface area (Å²) in [5, 5.41) is 2.25. The number of ketones is 3. The molecule has 0 aliphatic heterocycles. The predicted octanol–water partition coefficient (Wildman–Crippen LogP) is 16.9. The molecule has 322 valence electrons. The Balaban J connectivity index is -0.000000217. The first-order valence-electron chi connectivity index (χ1n) is 17.3. The fourth-order valence-electron chi connectivity index (χ4n) is 7.62. The van der Waals surface area contributed by atoms with E-state index in [9.17, 15) is 14.4 Å². The van der Waals surface area contributed by atoms with Gasteiger partial charge in [0.1, 0.15) is 17.3 Å². The van der Waals surface area contributed by atoms with Crippen LogP contribution in [0, 0.1) is 27.6 Å². The van der Waals surface area contributed by atoms with Crippen LogP contribution in [0.5, 0.6) is 0 Å². The molecule has 3 saturated carbocycles. The minimum Gasteiger partial charge on any atom is -0.299 e. The van der Waals surface area contributed by atoms with E-state index in [0.717, 1.165) is 79.3 Å². The lowest BCUT2D eigenvalue weighted by atomic mass is 9.77. The third-order valence-electron chi connectivity index (χ3n) is 10.8. The first-order valence-corrected chi connectivity index (χ1v) is 18.4. The molecular weight excluding hydrogens is 870 g/mol. The van der Waals surface area contributed by atoms with E-state index >= 15 is 0 Å². The van der Waals surface area contributed by atoms with Crippen molar-refractivity contribution < 1.29 is 14.4 Å². The van der Waals surface area contributed by atoms with E-state index in [1.54, 1.807) is 0 Å². The standard InChI is InChI=1S/C15H19ClO.C14H17ClO.C13H15ClO.7CH4.HI/c1-14(2)8-9-15(3,13(14)17)10-11-4-6-12(16)7-5-11;1-14(2)8-7-11(13(14)16)9-10-3-5-12(15)6-4-10;1-13(8-2-3-12(13)15)9-10-4-6-11(14)7-5-10;;;;;;;;/h4-7H,8-10H2,1-3H3;3-6,11H,7-9H2,1-2H3;4-7H,2-3,8-9H2,1H3;7*1H4;1H. The number of hydrogen-bond acceptors (Lipinski definition) is 3. The largest absolute Gasteiger partial charge is 0.299 e. The Labute approximate surface area is 377 Å². The summed E-state index contributed by atoms with van der Waals surface area (Å²) in [4.78, 5) is 36.2. The van der Waals surface area contributed by atoms with Crippen molar-refractivity contribution >= 4 is 76.1 Å². The second kappa shape index (κ2) is 26.4. The highest BCUT2D eigenvalue weighted by Gasteiger charge is 2.48. The second-order valence-corrected chi connectivity index (χ2v) is 17.3. The lowest BCUT2D eigenvalue weighted by Crippen LogP contribution is -2.31. The van der Waals surface area contributed by atoms with Crippen LogP contribution in [0.15, 0.2) is 72.8 Å². The number of halogens is 4. The molecule has 3 aromatic carbocycles. The molecule has 3 nitrogen and oxygen atoms in total. The highest BCUT2D eigenvalue weighted by Crippen LogP contribution is 2.47. The van der Waals surface area contributed by atoms with Crippen LogP contribution in [-0.2, 0) is 33.6 Å². The molecule has 3 unspecified atom stereocenters. The van der Waals surface area contributed by atoms with Gasteiger partial charge in [0.2, 0.25) is 0 Å². The third kappa shape index (κ3) is 16.9. The average Bonchev–Trinajstić information content (AvgIpc) is 3.58. The van der Waals surface area contributed by atoms with E-state index in [1.165, 1.54) is 16.7 Å². The summed E-state index contributed by atoms with van der Waals surface area (Å²) in [6.45, 7) is 12.4. The molecule has 0 amide bonds. The van der Waals surface area contributed by atoms with E-state index in [4.69, 9.17) is 34.8 Å². The fourth-order valence-corrected chi connectivity index (χ4v) is 7.99. The van der Waals surface area contributed by atoms with E-state index < -0.39 is 0 Å². The van der Waals surface area contributed by atoms with Gasteiger partial charge in [0.15, 0.2) is 0 Å². The van der Waals surface area contributed by atoms with Crippen molar-refractivity contribution in [2.45, 2.75) is 158 Å². The van der Waals surface area contributed by atoms with E-state index in [2.05, 4.69) is 41.5 Å². The summed E-state index contributed by atoms with van der Waals surface area (Å²) in [6.07, 6.45) is 9.38. The van der Waals surface area contributed by atoms with Crippen LogP contribution >= 0.6 is 58.8 Å². The Bertz CT molecular complexity index is 1580. The molecule has 7 heteroatoms. The summed E-state index contributed by atoms with van der Waals surface area (Å²) in [6, 6.07) is 23.4. The highest BCUT2D eigenvalue weighted by molar-refractivity contribution is 14.0. The van der Waals surface area contributed by atoms with Gasteiger partial charge in [0.05, 0.1) is 0 Å². The molecule has 0 saturated heterocycles. The number of Topliss-reactive ketones (excluding diaryl/α,β-unsaturated/α-hetero) is 3. The maximum absolute atomic E-state index is 12.4. The van der Waals surface area contributed by atoms with Crippen molar-refractivity contribution in [1.29, 1.82) is 0 Å². The summed E-state index contributed by atoms with van der Waals surface area (Å²) in [5.41, 5.74) is 3.02. The van der Waals surface area contributed by atoms with Gasteiger partial charge in [-0.25, -0.2) is 0 Å². The fraction of sp³-hybridized carbons (Fsp3) is 0.571. The van der Waals surface area contributed by atoms with Gasteiger partial charge >= 0.3 is 0 Å². The molecule has 0 aromatic heterocycles. The Morgan fingerprint density at radius 1 is 0.518 bits per heavy atom. The monoisotopic (exact) mass is 948 g/mol. The summed E-state index contributed by atoms with van der Waals surface area (Å²) >= 11 is 17.5. The van der Waals surface area contributed by atoms with E-state index in [-0.39, 0.29) is 104 Å². The number of carbonyl (C=O) groups is 3. The van der Waals surface area contributed by atoms with Gasteiger partial charge in [-0.15, -0.1) is 24.0 Å². The number of carbonyl (C=O) groups excluding carboxylic acids is 3. The van der Waals surface area contributed by atoms with Crippen molar-refractivity contribution in [1.82, 2.24) is 0 Å². The topological polar surface area (TPSA) is 51.2 Å². The molecule has 3 aliphatic rings. The van der Waals surface area contributed by atoms with Crippen LogP contribution in [-0.4, -0.2) is 17.3 Å². The molecule has 0 radical (unpaired) electrons. The Kier molecular flexibility index (Phi) is 29.9. The molecule has 3 fully saturated rings. The van der Waals surface area contributed by atoms with Crippen molar-refractivity contribution in [3.63, 3.8) is 0 Å². The van der Waals surface area contributed by atoms with Gasteiger partial charge in [-0.05, 0) is 111 Å². The smallest absolute Gasteiger partial charge is 0.144 e. The van der Waals surface area contributed by atoms with Crippen LogP contribution < -0.4 is 0 Å². The highest BCUT2D eigenvalue weighted by atomic mass is 127. The van der Waals surface area contributed by atoms with E-state index in [0.29, 0.717) is 17.3 Å². The van der Waals surface area contributed by atoms with Crippen LogP contribution in [0.25, 0.3) is 0 Å². The zero-order valence-electron chi connectivity index (χ0n) is 29.8. The van der Waals surface area contributed by atoms with Crippen LogP contribution in [0.4, 0.5) is 0 Å². The van der Waals surface area contributed by atoms with Gasteiger partial charge in [-0.3, -0.25) is 14.4 Å². The normalized spacial score (nSPS) is 22.0. The molecule has 6 rings (SSSR count). The van der Waals surface area contributed by atoms with Gasteiger partial charge in [0.25, 0.3) is 0 Å². The Hall–Kier alpha value is -1.73. The third-order valence-corrected chi connectivity index (χ3v) is 11.6. The van der Waals surface area contributed by atoms with Crippen LogP contribution in [0.1, 0.15) is 155 Å². The van der Waals surface area contributed by atoms with Gasteiger partial charge < -0.3 is 0 Å². The molecule has 3 aromatic rings. The first kappa shape index (κ1) is 63.4. The number of rotatable bonds is 6. The van der Waals surface area contributed by atoms with Gasteiger partial charge in [-0.2, -0.15) is 0 Å². The first-order chi connectivity index (χ1) is 22.4. The van der Waals surface area contributed by atoms with Crippen molar-refractivity contribution in [3.8, 4) is 0 Å². The van der Waals surface area contributed by atoms with Crippen molar-refractivity contribution in [2.24, 2.45) is 27.6 Å². The van der Waals surface area contributed by atoms with Crippen LogP contribution in [0.2, 0.25) is 15.1 Å². The molecule has 0 bridgehead atoms. The summed E-state index contributed by atoms with van der Waals surface area (Å²) < 4.78 is 0. The maximum atomic E-state index is 12.4. The molecular formula is C49H80Cl3IO3. The van der Waals surface area contributed by atoms with Crippen molar-refractivity contribution in [2.75, 3.05) is 0 Å². The predicted molar refractivity (Wildman–Crippen MR) is 263 cm³/mol. The minimum absolute atomic E-state index is 0. The molecule has 3 atom stereocenters. The molecule has 0 spiro atoms. The summed E-state index contributed by atoms with van der Waals surface area (Å²) in [7, 11) is 0. The minimum atomic E-state index is -0.197. The zero-order valence-corrected chi connectivity index (χ0v) is 34.4. The number of benzene rings is 3. The van der Waals surface area contributed by atoms with E-state index in [1.807, 2.05) is 72.8 Å². The molecule has 0 heterocycles. The second-order valence-electron chi connectivity index (χ2n) is 16.0. The Morgan fingerprint density at radius 2 is 0.911 bits per heavy atom. The average molecular weight is 950 g/mol. The quantitative estimate of drug-likeness (QED) is 0.231. The van der Waals surface area contributed by atoms with Crippen molar-refractivity contribution in [3.05, 3.63) is 105 Å². The molecule has 56 heavy (non-hydrogen) atoms. The SMILES string of the molecule is C.C.C.C.C.C.C.CC1(C)CCC(C)(Cc2ccc(Cl)cc2)C1=O.CC1(C)CCC(Cc2ccc(Cl)cc2)C1=O.CC1(Cc2ccc(Cl)cc2)CCCC1=O.I. The zero-order chi connectivity index (χ0) is 35.3. The lowest BCUT2D eigenvalue weighted by molar-refractivity contribution is -0.131. The lowest BCUT2D eigenvalue weighted by Gasteiger charge is -2.25. The number of hydrogen-bond donors (Lipinski definition) is 0. The molecule has 3 aliphatic carbocycles. The maximum Gasteiger partial charge on any atom is 0.144 e. The Morgan fingerprint density at radius 3 is 1.23 bits per heavy atom. The molecule has 0 N–H and O–H groups in total. The van der Waals surface area contributed by atoms with Gasteiger partial charge in [0, 0.05) is 49.1 Å². The summed E-state index contributed by atoms with van der Waals surface area (Å²) in [5.74, 6) is 1.44. The van der Waals surface area contributed by atoms with Gasteiger partial charge in [-0.1, -0.05) is 165 Å². The van der Waals surface area contributed by atoms with Crippen LogP contribution in [0.3, 0.4) is 0 Å².